The van der Waals surface area contributed by atoms with Crippen LogP contribution >= 0.6 is 0 Å². The molecule has 1 heterocycles. The van der Waals surface area contributed by atoms with E-state index in [-0.39, 0.29) is 6.09 Å². The smallest absolute Gasteiger partial charge is 0.410 e. The van der Waals surface area contributed by atoms with Crippen molar-refractivity contribution in [3.8, 4) is 0 Å². The van der Waals surface area contributed by atoms with Crippen molar-refractivity contribution in [2.24, 2.45) is 0 Å². The van der Waals surface area contributed by atoms with Crippen molar-refractivity contribution in [2.45, 2.75) is 38.4 Å². The van der Waals surface area contributed by atoms with Crippen molar-refractivity contribution in [2.75, 3.05) is 13.1 Å². The molecule has 1 aliphatic heterocycles. The molecule has 0 spiro atoms. The van der Waals surface area contributed by atoms with Crippen LogP contribution in [0.2, 0.25) is 0 Å². The second kappa shape index (κ2) is 5.61. The van der Waals surface area contributed by atoms with Crippen LogP contribution in [0, 0.1) is 0 Å². The van der Waals surface area contributed by atoms with E-state index in [1.807, 2.05) is 30.3 Å². The highest BCUT2D eigenvalue weighted by Gasteiger charge is 2.34. The van der Waals surface area contributed by atoms with Crippen molar-refractivity contribution in [1.82, 2.24) is 4.90 Å². The zero-order valence-corrected chi connectivity index (χ0v) is 11.5. The number of amides is 1. The third-order valence-electron chi connectivity index (χ3n) is 3.79. The van der Waals surface area contributed by atoms with Gasteiger partial charge in [0.15, 0.2) is 0 Å². The monoisotopic (exact) mass is 263 g/mol. The number of ether oxygens (including phenoxy) is 1. The summed E-state index contributed by atoms with van der Waals surface area (Å²) in [6.45, 7) is 4.89. The highest BCUT2D eigenvalue weighted by atomic mass is 16.6. The van der Waals surface area contributed by atoms with E-state index >= 15 is 0 Å². The Labute approximate surface area is 114 Å². The molecule has 1 N–H and O–H groups in total. The lowest BCUT2D eigenvalue weighted by Crippen LogP contribution is -2.41. The number of hydrogen-bond acceptors (Lipinski definition) is 3. The second-order valence-corrected chi connectivity index (χ2v) is 5.23. The van der Waals surface area contributed by atoms with Crippen molar-refractivity contribution in [3.05, 3.63) is 35.9 Å². The highest BCUT2D eigenvalue weighted by Crippen LogP contribution is 2.27. The van der Waals surface area contributed by atoms with Gasteiger partial charge >= 0.3 is 6.09 Å². The van der Waals surface area contributed by atoms with E-state index in [1.165, 1.54) is 0 Å². The maximum atomic E-state index is 11.9. The van der Waals surface area contributed by atoms with Crippen molar-refractivity contribution >= 4 is 6.09 Å². The molecule has 4 nitrogen and oxygen atoms in total. The summed E-state index contributed by atoms with van der Waals surface area (Å²) in [7, 11) is 0. The topological polar surface area (TPSA) is 49.8 Å². The number of benzene rings is 1. The first-order valence-corrected chi connectivity index (χ1v) is 6.75. The molecule has 1 aliphatic rings. The van der Waals surface area contributed by atoms with E-state index < -0.39 is 11.7 Å². The maximum Gasteiger partial charge on any atom is 0.410 e. The number of carbonyl (C=O) groups is 1. The zero-order valence-electron chi connectivity index (χ0n) is 11.5. The maximum absolute atomic E-state index is 11.9. The van der Waals surface area contributed by atoms with Crippen LogP contribution in [0.5, 0.6) is 0 Å². The first-order chi connectivity index (χ1) is 9.01. The molecular formula is C15H21NO3. The second-order valence-electron chi connectivity index (χ2n) is 5.23. The fraction of sp³-hybridized carbons (Fsp3) is 0.533. The molecule has 1 fully saturated rings. The summed E-state index contributed by atoms with van der Waals surface area (Å²) < 4.78 is 5.39. The number of hydrogen-bond donors (Lipinski definition) is 1. The van der Waals surface area contributed by atoms with Crippen molar-refractivity contribution in [3.63, 3.8) is 0 Å². The van der Waals surface area contributed by atoms with E-state index in [9.17, 15) is 9.90 Å². The van der Waals surface area contributed by atoms with Gasteiger partial charge in [-0.15, -0.1) is 0 Å². The Morgan fingerprint density at radius 2 is 1.89 bits per heavy atom. The normalized spacial score (nSPS) is 19.8. The first kappa shape index (κ1) is 13.9. The standard InChI is InChI=1S/C15H21NO3/c1-12(19-14(17)16-10-6-7-11-16)15(2,18)13-8-4-3-5-9-13/h3-5,8-9,12,18H,6-7,10-11H2,1-2H3. The van der Waals surface area contributed by atoms with Gasteiger partial charge in [0.1, 0.15) is 11.7 Å². The average molecular weight is 263 g/mol. The molecule has 4 heteroatoms. The van der Waals surface area contributed by atoms with Gasteiger partial charge in [-0.05, 0) is 32.3 Å². The predicted molar refractivity (Wildman–Crippen MR) is 72.8 cm³/mol. The number of aliphatic hydroxyl groups is 1. The largest absolute Gasteiger partial charge is 0.443 e. The van der Waals surface area contributed by atoms with E-state index in [1.54, 1.807) is 18.7 Å². The van der Waals surface area contributed by atoms with Crippen LogP contribution in [0.1, 0.15) is 32.3 Å². The van der Waals surface area contributed by atoms with Gasteiger partial charge in [0, 0.05) is 13.1 Å². The van der Waals surface area contributed by atoms with Crippen LogP contribution in [0.4, 0.5) is 4.79 Å². The van der Waals surface area contributed by atoms with Gasteiger partial charge in [-0.25, -0.2) is 4.79 Å². The minimum atomic E-state index is -1.18. The van der Waals surface area contributed by atoms with Crippen LogP contribution in [-0.2, 0) is 10.3 Å². The summed E-state index contributed by atoms with van der Waals surface area (Å²) in [5.41, 5.74) is -0.437. The molecular weight excluding hydrogens is 242 g/mol. The average Bonchev–Trinajstić information content (AvgIpc) is 2.93. The van der Waals surface area contributed by atoms with Crippen LogP contribution in [0.3, 0.4) is 0 Å². The quantitative estimate of drug-likeness (QED) is 0.911. The summed E-state index contributed by atoms with van der Waals surface area (Å²) in [6.07, 6.45) is 1.13. The lowest BCUT2D eigenvalue weighted by Gasteiger charge is -2.31. The van der Waals surface area contributed by atoms with E-state index in [4.69, 9.17) is 4.74 Å². The molecule has 1 saturated heterocycles. The van der Waals surface area contributed by atoms with Gasteiger partial charge in [-0.3, -0.25) is 0 Å². The molecule has 1 amide bonds. The molecule has 1 aromatic rings. The van der Waals surface area contributed by atoms with Crippen LogP contribution < -0.4 is 0 Å². The Hall–Kier alpha value is -1.55. The Morgan fingerprint density at radius 1 is 1.32 bits per heavy atom. The van der Waals surface area contributed by atoms with E-state index in [0.717, 1.165) is 31.5 Å². The SMILES string of the molecule is CC(OC(=O)N1CCCC1)C(C)(O)c1ccccc1. The summed E-state index contributed by atoms with van der Waals surface area (Å²) in [5.74, 6) is 0. The fourth-order valence-electron chi connectivity index (χ4n) is 2.25. The molecule has 1 aromatic carbocycles. The predicted octanol–water partition coefficient (Wildman–Crippen LogP) is 2.52. The van der Waals surface area contributed by atoms with Crippen LogP contribution in [0.25, 0.3) is 0 Å². The Morgan fingerprint density at radius 3 is 2.47 bits per heavy atom. The summed E-state index contributed by atoms with van der Waals surface area (Å²) in [5, 5.41) is 10.6. The minimum Gasteiger partial charge on any atom is -0.443 e. The molecule has 2 rings (SSSR count). The highest BCUT2D eigenvalue weighted by molar-refractivity contribution is 5.68. The Kier molecular flexibility index (Phi) is 4.10. The molecule has 2 atom stereocenters. The number of nitrogens with zero attached hydrogens (tertiary/aromatic N) is 1. The molecule has 104 valence electrons. The number of rotatable bonds is 3. The lowest BCUT2D eigenvalue weighted by atomic mass is 9.91. The first-order valence-electron chi connectivity index (χ1n) is 6.75. The molecule has 0 aromatic heterocycles. The van der Waals surface area contributed by atoms with Crippen molar-refractivity contribution < 1.29 is 14.6 Å². The Bertz CT molecular complexity index is 424. The minimum absolute atomic E-state index is 0.332. The van der Waals surface area contributed by atoms with Gasteiger partial charge in [0.25, 0.3) is 0 Å². The molecule has 0 saturated carbocycles. The van der Waals surface area contributed by atoms with Gasteiger partial charge < -0.3 is 14.7 Å². The van der Waals surface area contributed by atoms with Gasteiger partial charge in [-0.1, -0.05) is 30.3 Å². The lowest BCUT2D eigenvalue weighted by molar-refractivity contribution is -0.0699. The molecule has 0 aliphatic carbocycles. The summed E-state index contributed by atoms with van der Waals surface area (Å²) in [4.78, 5) is 13.6. The summed E-state index contributed by atoms with van der Waals surface area (Å²) in [6, 6.07) is 9.28. The summed E-state index contributed by atoms with van der Waals surface area (Å²) >= 11 is 0. The Balaban J connectivity index is 2.02. The van der Waals surface area contributed by atoms with Crippen LogP contribution in [0.15, 0.2) is 30.3 Å². The number of likely N-dealkylation sites (tertiary alicyclic amines) is 1. The third-order valence-corrected chi connectivity index (χ3v) is 3.79. The van der Waals surface area contributed by atoms with Crippen LogP contribution in [-0.4, -0.2) is 35.3 Å². The molecule has 2 unspecified atom stereocenters. The van der Waals surface area contributed by atoms with E-state index in [2.05, 4.69) is 0 Å². The molecule has 0 bridgehead atoms. The fourth-order valence-corrected chi connectivity index (χ4v) is 2.25. The molecule has 0 radical (unpaired) electrons. The van der Waals surface area contributed by atoms with Gasteiger partial charge in [-0.2, -0.15) is 0 Å². The zero-order chi connectivity index (χ0) is 13.9. The number of carbonyl (C=O) groups excluding carboxylic acids is 1. The third kappa shape index (κ3) is 3.07. The van der Waals surface area contributed by atoms with Gasteiger partial charge in [0.05, 0.1) is 0 Å². The molecule has 19 heavy (non-hydrogen) atoms. The van der Waals surface area contributed by atoms with Crippen molar-refractivity contribution in [1.29, 1.82) is 0 Å². The van der Waals surface area contributed by atoms with E-state index in [0.29, 0.717) is 0 Å². The van der Waals surface area contributed by atoms with Gasteiger partial charge in [0.2, 0.25) is 0 Å².